The summed E-state index contributed by atoms with van der Waals surface area (Å²) in [4.78, 5) is 12.0. The van der Waals surface area contributed by atoms with E-state index in [2.05, 4.69) is 34.6 Å². The Morgan fingerprint density at radius 1 is 1.04 bits per heavy atom. The van der Waals surface area contributed by atoms with E-state index in [1.807, 2.05) is 12.1 Å². The molecule has 0 atom stereocenters. The van der Waals surface area contributed by atoms with Crippen LogP contribution in [0.25, 0.3) is 0 Å². The summed E-state index contributed by atoms with van der Waals surface area (Å²) in [7, 11) is 0. The van der Waals surface area contributed by atoms with Crippen LogP contribution in [0.4, 0.5) is 10.2 Å². The number of halogens is 1. The molecule has 0 saturated carbocycles. The minimum Gasteiger partial charge on any atom is -0.305 e. The highest BCUT2D eigenvalue weighted by molar-refractivity contribution is 7.98. The second-order valence-electron chi connectivity index (χ2n) is 5.41. The zero-order valence-electron chi connectivity index (χ0n) is 13.6. The van der Waals surface area contributed by atoms with Gasteiger partial charge in [0.05, 0.1) is 5.56 Å². The molecule has 1 amide bonds. The predicted octanol–water partition coefficient (Wildman–Crippen LogP) is 4.47. The molecule has 4 nitrogen and oxygen atoms in total. The molecule has 0 radical (unpaired) electrons. The van der Waals surface area contributed by atoms with Gasteiger partial charge in [0.25, 0.3) is 5.91 Å². The molecule has 0 saturated heterocycles. The molecule has 0 spiro atoms. The highest BCUT2D eigenvalue weighted by atomic mass is 32.2. The third-order valence-electron chi connectivity index (χ3n) is 3.64. The SMILES string of the molecule is Cc1ccccc1CSc1ccc(NC(=O)c2ccccc2F)nn1. The molecule has 0 aliphatic heterocycles. The van der Waals surface area contributed by atoms with Gasteiger partial charge < -0.3 is 5.32 Å². The number of hydrogen-bond donors (Lipinski definition) is 1. The molecule has 0 aliphatic rings. The Bertz CT molecular complexity index is 884. The monoisotopic (exact) mass is 353 g/mol. The lowest BCUT2D eigenvalue weighted by atomic mass is 10.1. The molecule has 0 unspecified atom stereocenters. The number of nitrogens with one attached hydrogen (secondary N) is 1. The summed E-state index contributed by atoms with van der Waals surface area (Å²) >= 11 is 1.57. The van der Waals surface area contributed by atoms with Crippen LogP contribution < -0.4 is 5.32 Å². The molecular weight excluding hydrogens is 337 g/mol. The molecule has 1 heterocycles. The van der Waals surface area contributed by atoms with Gasteiger partial charge >= 0.3 is 0 Å². The van der Waals surface area contributed by atoms with Gasteiger partial charge in [-0.15, -0.1) is 10.2 Å². The van der Waals surface area contributed by atoms with Crippen LogP contribution in [0.3, 0.4) is 0 Å². The van der Waals surface area contributed by atoms with Gasteiger partial charge in [0.15, 0.2) is 5.82 Å². The van der Waals surface area contributed by atoms with Crippen molar-refractivity contribution in [2.24, 2.45) is 0 Å². The molecule has 6 heteroatoms. The lowest BCUT2D eigenvalue weighted by Crippen LogP contribution is -2.14. The number of hydrogen-bond acceptors (Lipinski definition) is 4. The number of nitrogens with zero attached hydrogens (tertiary/aromatic N) is 2. The Balaban J connectivity index is 1.62. The molecule has 0 bridgehead atoms. The molecule has 1 N–H and O–H groups in total. The van der Waals surface area contributed by atoms with Crippen LogP contribution in [-0.2, 0) is 5.75 Å². The van der Waals surface area contributed by atoms with Crippen LogP contribution in [-0.4, -0.2) is 16.1 Å². The fourth-order valence-electron chi connectivity index (χ4n) is 2.22. The third-order valence-corrected chi connectivity index (χ3v) is 4.61. The predicted molar refractivity (Wildman–Crippen MR) is 97.1 cm³/mol. The summed E-state index contributed by atoms with van der Waals surface area (Å²) in [6, 6.07) is 17.4. The summed E-state index contributed by atoms with van der Waals surface area (Å²) in [5.74, 6) is -0.0398. The van der Waals surface area contributed by atoms with Crippen molar-refractivity contribution in [3.63, 3.8) is 0 Å². The fraction of sp³-hybridized carbons (Fsp3) is 0.105. The normalized spacial score (nSPS) is 10.5. The topological polar surface area (TPSA) is 54.9 Å². The van der Waals surface area contributed by atoms with E-state index in [1.165, 1.54) is 29.3 Å². The van der Waals surface area contributed by atoms with Gasteiger partial charge in [-0.1, -0.05) is 48.2 Å². The average Bonchev–Trinajstić information content (AvgIpc) is 2.62. The van der Waals surface area contributed by atoms with E-state index < -0.39 is 11.7 Å². The minimum absolute atomic E-state index is 0.0256. The Morgan fingerprint density at radius 2 is 1.80 bits per heavy atom. The van der Waals surface area contributed by atoms with Crippen molar-refractivity contribution >= 4 is 23.5 Å². The molecule has 3 aromatic rings. The second-order valence-corrected chi connectivity index (χ2v) is 6.40. The molecule has 0 aliphatic carbocycles. The summed E-state index contributed by atoms with van der Waals surface area (Å²) in [5.41, 5.74) is 2.45. The van der Waals surface area contributed by atoms with Crippen molar-refractivity contribution in [2.45, 2.75) is 17.7 Å². The Kier molecular flexibility index (Phi) is 5.40. The smallest absolute Gasteiger partial charge is 0.259 e. The summed E-state index contributed by atoms with van der Waals surface area (Å²) in [5, 5.41) is 11.4. The molecular formula is C19H16FN3OS. The lowest BCUT2D eigenvalue weighted by Gasteiger charge is -2.06. The first-order valence-corrected chi connectivity index (χ1v) is 8.69. The van der Waals surface area contributed by atoms with Gasteiger partial charge in [-0.3, -0.25) is 4.79 Å². The van der Waals surface area contributed by atoms with Gasteiger partial charge in [-0.2, -0.15) is 0 Å². The molecule has 126 valence electrons. The number of aromatic nitrogens is 2. The Hall–Kier alpha value is -2.73. The highest BCUT2D eigenvalue weighted by Gasteiger charge is 2.11. The fourth-order valence-corrected chi connectivity index (χ4v) is 3.11. The summed E-state index contributed by atoms with van der Waals surface area (Å²) < 4.78 is 13.6. The number of amides is 1. The maximum Gasteiger partial charge on any atom is 0.259 e. The number of anilines is 1. The Morgan fingerprint density at radius 3 is 2.52 bits per heavy atom. The number of benzene rings is 2. The van der Waals surface area contributed by atoms with E-state index in [9.17, 15) is 9.18 Å². The van der Waals surface area contributed by atoms with Crippen molar-refractivity contribution < 1.29 is 9.18 Å². The minimum atomic E-state index is -0.571. The summed E-state index contributed by atoms with van der Waals surface area (Å²) in [6.45, 7) is 2.07. The van der Waals surface area contributed by atoms with Gasteiger partial charge in [-0.05, 0) is 42.3 Å². The standard InChI is InChI=1S/C19H16FN3OS/c1-13-6-2-3-7-14(13)12-25-18-11-10-17(22-23-18)21-19(24)15-8-4-5-9-16(15)20/h2-11H,12H2,1H3,(H,21,22,24). The molecule has 0 fully saturated rings. The van der Waals surface area contributed by atoms with E-state index in [0.29, 0.717) is 0 Å². The van der Waals surface area contributed by atoms with Gasteiger partial charge in [0.1, 0.15) is 10.8 Å². The van der Waals surface area contributed by atoms with Crippen molar-refractivity contribution in [1.82, 2.24) is 10.2 Å². The highest BCUT2D eigenvalue weighted by Crippen LogP contribution is 2.22. The van der Waals surface area contributed by atoms with Gasteiger partial charge in [0, 0.05) is 5.75 Å². The first-order chi connectivity index (χ1) is 12.1. The third kappa shape index (κ3) is 4.42. The first-order valence-electron chi connectivity index (χ1n) is 7.70. The maximum absolute atomic E-state index is 13.6. The van der Waals surface area contributed by atoms with Crippen molar-refractivity contribution in [3.05, 3.63) is 83.2 Å². The van der Waals surface area contributed by atoms with Gasteiger partial charge in [-0.25, -0.2) is 4.39 Å². The van der Waals surface area contributed by atoms with E-state index >= 15 is 0 Å². The van der Waals surface area contributed by atoms with Crippen LogP contribution in [0.5, 0.6) is 0 Å². The number of rotatable bonds is 5. The van der Waals surface area contributed by atoms with E-state index in [4.69, 9.17) is 0 Å². The summed E-state index contributed by atoms with van der Waals surface area (Å²) in [6.07, 6.45) is 0. The lowest BCUT2D eigenvalue weighted by molar-refractivity contribution is 0.102. The van der Waals surface area contributed by atoms with Crippen LogP contribution in [0.2, 0.25) is 0 Å². The van der Waals surface area contributed by atoms with Crippen LogP contribution >= 0.6 is 11.8 Å². The molecule has 3 rings (SSSR count). The van der Waals surface area contributed by atoms with Crippen LogP contribution in [0.15, 0.2) is 65.7 Å². The zero-order chi connectivity index (χ0) is 17.6. The quantitative estimate of drug-likeness (QED) is 0.688. The first kappa shape index (κ1) is 17.1. The van der Waals surface area contributed by atoms with Crippen molar-refractivity contribution in [1.29, 1.82) is 0 Å². The molecule has 1 aromatic heterocycles. The van der Waals surface area contributed by atoms with E-state index in [-0.39, 0.29) is 11.4 Å². The number of aryl methyl sites for hydroxylation is 1. The average molecular weight is 353 g/mol. The van der Waals surface area contributed by atoms with E-state index in [0.717, 1.165) is 10.8 Å². The molecule has 2 aromatic carbocycles. The van der Waals surface area contributed by atoms with Crippen molar-refractivity contribution in [2.75, 3.05) is 5.32 Å². The van der Waals surface area contributed by atoms with Crippen LogP contribution in [0.1, 0.15) is 21.5 Å². The maximum atomic E-state index is 13.6. The zero-order valence-corrected chi connectivity index (χ0v) is 14.4. The number of carbonyl (C=O) groups excluding carboxylic acids is 1. The second kappa shape index (κ2) is 7.90. The largest absolute Gasteiger partial charge is 0.305 e. The van der Waals surface area contributed by atoms with Gasteiger partial charge in [0.2, 0.25) is 0 Å². The number of thioether (sulfide) groups is 1. The Labute approximate surface area is 149 Å². The van der Waals surface area contributed by atoms with Crippen molar-refractivity contribution in [3.8, 4) is 0 Å². The van der Waals surface area contributed by atoms with Crippen LogP contribution in [0, 0.1) is 12.7 Å². The number of carbonyl (C=O) groups is 1. The van der Waals surface area contributed by atoms with E-state index in [1.54, 1.807) is 30.0 Å². The molecule has 25 heavy (non-hydrogen) atoms.